The molecule has 1 aliphatic carbocycles. The summed E-state index contributed by atoms with van der Waals surface area (Å²) in [5.74, 6) is -0.505. The van der Waals surface area contributed by atoms with Gasteiger partial charge in [0, 0.05) is 63.3 Å². The number of allylic oxidation sites excluding steroid dienone is 1. The van der Waals surface area contributed by atoms with Gasteiger partial charge in [0.05, 0.1) is 28.5 Å². The average molecular weight is 535 g/mol. The lowest BCUT2D eigenvalue weighted by Gasteiger charge is -2.38. The molecule has 206 valence electrons. The second kappa shape index (κ2) is 9.93. The number of nitrogens with two attached hydrogens (primary N) is 1. The fourth-order valence-corrected chi connectivity index (χ4v) is 5.79. The molecule has 12 nitrogen and oxygen atoms in total. The minimum absolute atomic E-state index is 0.0405. The van der Waals surface area contributed by atoms with Crippen molar-refractivity contribution in [2.75, 3.05) is 48.0 Å². The first-order valence-corrected chi connectivity index (χ1v) is 13.0. The van der Waals surface area contributed by atoms with Crippen LogP contribution in [0.2, 0.25) is 0 Å². The number of rotatable bonds is 5. The summed E-state index contributed by atoms with van der Waals surface area (Å²) < 4.78 is 0. The van der Waals surface area contributed by atoms with E-state index >= 15 is 0 Å². The number of hydrogen-bond acceptors (Lipinski definition) is 10. The van der Waals surface area contributed by atoms with Crippen LogP contribution in [0, 0.1) is 5.41 Å². The van der Waals surface area contributed by atoms with Gasteiger partial charge in [-0.2, -0.15) is 0 Å². The minimum atomic E-state index is -0.674. The van der Waals surface area contributed by atoms with Gasteiger partial charge in [-0.1, -0.05) is 13.8 Å². The third-order valence-electron chi connectivity index (χ3n) is 7.84. The summed E-state index contributed by atoms with van der Waals surface area (Å²) >= 11 is 0. The molecule has 5 rings (SSSR count). The van der Waals surface area contributed by atoms with Gasteiger partial charge in [-0.05, 0) is 37.0 Å². The van der Waals surface area contributed by atoms with Crippen LogP contribution in [0.1, 0.15) is 54.3 Å². The van der Waals surface area contributed by atoms with Crippen LogP contribution in [0.4, 0.5) is 17.3 Å². The van der Waals surface area contributed by atoms with Crippen LogP contribution in [0.15, 0.2) is 41.9 Å². The number of aromatic nitrogens is 2. The molecule has 4 N–H and O–H groups in total. The van der Waals surface area contributed by atoms with Gasteiger partial charge in [-0.25, -0.2) is 20.5 Å². The summed E-state index contributed by atoms with van der Waals surface area (Å²) in [4.78, 5) is 49.7. The van der Waals surface area contributed by atoms with Gasteiger partial charge in [0.25, 0.3) is 11.8 Å². The van der Waals surface area contributed by atoms with Crippen molar-refractivity contribution < 1.29 is 19.6 Å². The van der Waals surface area contributed by atoms with Crippen LogP contribution in [0.5, 0.6) is 0 Å². The molecule has 2 amide bonds. The largest absolute Gasteiger partial charge is 0.367 e. The highest BCUT2D eigenvalue weighted by Gasteiger charge is 2.44. The first kappa shape index (κ1) is 26.6. The molecule has 2 aromatic rings. The third kappa shape index (κ3) is 4.81. The predicted molar refractivity (Wildman–Crippen MR) is 145 cm³/mol. The number of nitrogens with zero attached hydrogens (tertiary/aromatic N) is 6. The Morgan fingerprint density at radius 2 is 1.72 bits per heavy atom. The topological polar surface area (TPSA) is 148 Å². The number of Topliss-reactive ketones (excluding diaryl/α,β-unsaturated/α-hetero) is 1. The van der Waals surface area contributed by atoms with Crippen molar-refractivity contribution in [2.45, 2.75) is 39.7 Å². The Morgan fingerprint density at radius 1 is 1.08 bits per heavy atom. The number of amides is 2. The van der Waals surface area contributed by atoms with Crippen molar-refractivity contribution in [2.24, 2.45) is 11.1 Å². The molecule has 12 heteroatoms. The maximum Gasteiger partial charge on any atom is 0.277 e. The van der Waals surface area contributed by atoms with Crippen molar-refractivity contribution in [3.05, 3.63) is 53.0 Å². The maximum atomic E-state index is 13.1. The molecule has 1 atom stereocenters. The monoisotopic (exact) mass is 534 g/mol. The second-order valence-electron chi connectivity index (χ2n) is 11.1. The molecule has 3 aliphatic rings. The molecule has 1 fully saturated rings. The maximum absolute atomic E-state index is 13.1. The van der Waals surface area contributed by atoms with E-state index in [-0.39, 0.29) is 22.8 Å². The second-order valence-corrected chi connectivity index (χ2v) is 11.1. The fraction of sp³-hybridized carbons (Fsp3) is 0.444. The van der Waals surface area contributed by atoms with Gasteiger partial charge in [0.15, 0.2) is 5.78 Å². The Morgan fingerprint density at radius 3 is 2.33 bits per heavy atom. The van der Waals surface area contributed by atoms with Gasteiger partial charge in [0.1, 0.15) is 0 Å². The van der Waals surface area contributed by atoms with Gasteiger partial charge in [-0.15, -0.1) is 0 Å². The highest BCUT2D eigenvalue weighted by molar-refractivity contribution is 6.01. The smallest absolute Gasteiger partial charge is 0.277 e. The molecule has 1 saturated heterocycles. The Labute approximate surface area is 227 Å². The van der Waals surface area contributed by atoms with E-state index in [9.17, 15) is 14.4 Å². The number of likely N-dealkylation sites (N-methyl/N-ethyl adjacent to an activating group) is 1. The Bertz CT molecular complexity index is 1350. The predicted octanol–water partition coefficient (Wildman–Crippen LogP) is 1.72. The van der Waals surface area contributed by atoms with Gasteiger partial charge in [-0.3, -0.25) is 24.6 Å². The third-order valence-corrected chi connectivity index (χ3v) is 7.84. The molecule has 0 bridgehead atoms. The van der Waals surface area contributed by atoms with E-state index in [1.807, 2.05) is 31.0 Å². The highest BCUT2D eigenvalue weighted by atomic mass is 16.5. The van der Waals surface area contributed by atoms with Crippen molar-refractivity contribution in [1.82, 2.24) is 20.5 Å². The zero-order valence-electron chi connectivity index (χ0n) is 22.6. The van der Waals surface area contributed by atoms with Crippen LogP contribution in [0.3, 0.4) is 0 Å². The fourth-order valence-electron chi connectivity index (χ4n) is 5.79. The van der Waals surface area contributed by atoms with Crippen molar-refractivity contribution >= 4 is 34.9 Å². The lowest BCUT2D eigenvalue weighted by molar-refractivity contribution is -0.118. The van der Waals surface area contributed by atoms with E-state index in [0.717, 1.165) is 29.1 Å². The average Bonchev–Trinajstić information content (AvgIpc) is 3.16. The summed E-state index contributed by atoms with van der Waals surface area (Å²) in [5, 5.41) is 13.0. The van der Waals surface area contributed by atoms with Gasteiger partial charge in [0.2, 0.25) is 5.95 Å². The number of carbonyl (C=O) groups excluding carboxylic acids is 3. The number of hydrogen-bond donors (Lipinski definition) is 3. The van der Waals surface area contributed by atoms with Crippen molar-refractivity contribution in [3.8, 4) is 0 Å². The molecule has 0 saturated carbocycles. The molecular formula is C27H34N8O4. The first-order chi connectivity index (χ1) is 18.5. The summed E-state index contributed by atoms with van der Waals surface area (Å²) in [6.07, 6.45) is 4.05. The number of nitrogens with one attached hydrogen (secondary N) is 1. The van der Waals surface area contributed by atoms with Crippen molar-refractivity contribution in [3.63, 3.8) is 0 Å². The van der Waals surface area contributed by atoms with Gasteiger partial charge >= 0.3 is 0 Å². The van der Waals surface area contributed by atoms with E-state index in [1.54, 1.807) is 11.5 Å². The number of ketones is 1. The normalized spacial score (nSPS) is 21.3. The van der Waals surface area contributed by atoms with E-state index in [1.165, 1.54) is 12.4 Å². The molecule has 39 heavy (non-hydrogen) atoms. The number of hydroxylamine groups is 1. The number of hydrazine groups is 1. The number of primary amides is 1. The standard InChI is InChI=1S/C27H34N8O4/c1-16-23-21(12-27(2,3)13-22(23)36)35(32(16)4)18-5-6-19(24(28)37)20(11-18)33-7-9-34(10-8-33)26-29-14-17(15-30-26)25(38)31-39/h5-6,11,14-16,39H,7-10,12-13H2,1-4H3,(H2,28,37)(H,31,38). The lowest BCUT2D eigenvalue weighted by atomic mass is 9.75. The van der Waals surface area contributed by atoms with E-state index in [4.69, 9.17) is 10.9 Å². The zero-order valence-corrected chi connectivity index (χ0v) is 22.6. The highest BCUT2D eigenvalue weighted by Crippen LogP contribution is 2.46. The summed E-state index contributed by atoms with van der Waals surface area (Å²) in [6.45, 7) is 8.66. The number of piperazine rings is 1. The molecule has 1 unspecified atom stereocenters. The molecule has 2 aliphatic heterocycles. The molecule has 0 radical (unpaired) electrons. The number of carbonyl (C=O) groups is 3. The Kier molecular flexibility index (Phi) is 6.77. The Balaban J connectivity index is 1.41. The zero-order chi connectivity index (χ0) is 28.1. The van der Waals surface area contributed by atoms with Crippen LogP contribution < -0.4 is 26.0 Å². The molecular weight excluding hydrogens is 500 g/mol. The van der Waals surface area contributed by atoms with Crippen LogP contribution in [-0.2, 0) is 4.79 Å². The summed E-state index contributed by atoms with van der Waals surface area (Å²) in [7, 11) is 1.99. The van der Waals surface area contributed by atoms with Crippen molar-refractivity contribution in [1.29, 1.82) is 0 Å². The summed E-state index contributed by atoms with van der Waals surface area (Å²) in [5.41, 5.74) is 11.3. The minimum Gasteiger partial charge on any atom is -0.367 e. The lowest BCUT2D eigenvalue weighted by Crippen LogP contribution is -2.47. The van der Waals surface area contributed by atoms with E-state index in [0.29, 0.717) is 44.1 Å². The number of benzene rings is 1. The SMILES string of the molecule is CC1C2=C(CC(C)(C)CC2=O)N(c2ccc(C(N)=O)c(N3CCN(c4ncc(C(=O)NO)cn4)CC3)c2)N1C. The van der Waals surface area contributed by atoms with E-state index in [2.05, 4.69) is 38.7 Å². The molecule has 1 aromatic carbocycles. The van der Waals surface area contributed by atoms with Crippen LogP contribution >= 0.6 is 0 Å². The molecule has 0 spiro atoms. The first-order valence-electron chi connectivity index (χ1n) is 13.0. The Hall–Kier alpha value is -4.03. The van der Waals surface area contributed by atoms with Gasteiger partial charge < -0.3 is 15.5 Å². The number of anilines is 3. The molecule has 1 aromatic heterocycles. The summed E-state index contributed by atoms with van der Waals surface area (Å²) in [6, 6.07) is 5.60. The molecule has 3 heterocycles. The van der Waals surface area contributed by atoms with Crippen LogP contribution in [-0.4, -0.2) is 77.1 Å². The van der Waals surface area contributed by atoms with E-state index < -0.39 is 11.8 Å². The quantitative estimate of drug-likeness (QED) is 0.382. The van der Waals surface area contributed by atoms with Crippen LogP contribution in [0.25, 0.3) is 0 Å².